The van der Waals surface area contributed by atoms with Gasteiger partial charge in [-0.1, -0.05) is 31.2 Å². The number of ether oxygens (including phenoxy) is 3. The van der Waals surface area contributed by atoms with Gasteiger partial charge in [0.1, 0.15) is 6.61 Å². The van der Waals surface area contributed by atoms with Crippen LogP contribution in [0.5, 0.6) is 17.2 Å². The summed E-state index contributed by atoms with van der Waals surface area (Å²) in [6.45, 7) is 2.38. The molecule has 134 valence electrons. The van der Waals surface area contributed by atoms with E-state index < -0.39 is 11.9 Å². The zero-order chi connectivity index (χ0) is 18.1. The van der Waals surface area contributed by atoms with Gasteiger partial charge < -0.3 is 19.5 Å². The lowest BCUT2D eigenvalue weighted by molar-refractivity contribution is -0.128. The summed E-state index contributed by atoms with van der Waals surface area (Å²) < 4.78 is 29.9. The molecule has 0 aliphatic heterocycles. The largest absolute Gasteiger partial charge is 0.493 e. The Morgan fingerprint density at radius 2 is 1.72 bits per heavy atom. The fourth-order valence-electron chi connectivity index (χ4n) is 2.20. The summed E-state index contributed by atoms with van der Waals surface area (Å²) in [4.78, 5) is 12.2. The molecule has 0 saturated carbocycles. The van der Waals surface area contributed by atoms with Crippen LogP contribution in [0.4, 0.5) is 4.39 Å². The van der Waals surface area contributed by atoms with Crippen molar-refractivity contribution in [2.24, 2.45) is 0 Å². The van der Waals surface area contributed by atoms with E-state index in [2.05, 4.69) is 5.32 Å². The molecule has 1 amide bonds. The highest BCUT2D eigenvalue weighted by atomic mass is 19.1. The first-order valence-corrected chi connectivity index (χ1v) is 8.10. The van der Waals surface area contributed by atoms with Crippen LogP contribution in [-0.2, 0) is 4.79 Å². The van der Waals surface area contributed by atoms with Crippen molar-refractivity contribution in [3.8, 4) is 17.2 Å². The van der Waals surface area contributed by atoms with Crippen LogP contribution in [0.15, 0.2) is 48.5 Å². The molecule has 0 heterocycles. The molecule has 0 unspecified atom stereocenters. The van der Waals surface area contributed by atoms with E-state index in [1.165, 1.54) is 12.1 Å². The highest BCUT2D eigenvalue weighted by Crippen LogP contribution is 2.25. The van der Waals surface area contributed by atoms with Crippen LogP contribution < -0.4 is 19.5 Å². The molecule has 0 aliphatic carbocycles. The Balaban J connectivity index is 1.81. The van der Waals surface area contributed by atoms with Crippen molar-refractivity contribution in [1.82, 2.24) is 5.32 Å². The van der Waals surface area contributed by atoms with Gasteiger partial charge in [-0.05, 0) is 30.7 Å². The van der Waals surface area contributed by atoms with Crippen LogP contribution in [0, 0.1) is 5.82 Å². The van der Waals surface area contributed by atoms with E-state index in [0.717, 1.165) is 0 Å². The minimum absolute atomic E-state index is 0.0646. The second-order valence-electron chi connectivity index (χ2n) is 5.24. The van der Waals surface area contributed by atoms with Crippen LogP contribution in [-0.4, -0.2) is 32.3 Å². The van der Waals surface area contributed by atoms with Crippen LogP contribution in [0.1, 0.15) is 13.3 Å². The Kier molecular flexibility index (Phi) is 7.07. The van der Waals surface area contributed by atoms with Crippen molar-refractivity contribution in [3.05, 3.63) is 54.3 Å². The molecule has 1 atom stereocenters. The summed E-state index contributed by atoms with van der Waals surface area (Å²) in [5.74, 6) is 0.495. The maximum Gasteiger partial charge on any atom is 0.261 e. The number of benzene rings is 2. The highest BCUT2D eigenvalue weighted by molar-refractivity contribution is 5.81. The minimum atomic E-state index is -0.761. The molecular weight excluding hydrogens is 325 g/mol. The molecule has 0 saturated heterocycles. The molecule has 6 heteroatoms. The molecule has 0 spiro atoms. The second kappa shape index (κ2) is 9.52. The van der Waals surface area contributed by atoms with Crippen molar-refractivity contribution in [1.29, 1.82) is 0 Å². The highest BCUT2D eigenvalue weighted by Gasteiger charge is 2.19. The third kappa shape index (κ3) is 5.38. The van der Waals surface area contributed by atoms with Gasteiger partial charge in [0.2, 0.25) is 0 Å². The van der Waals surface area contributed by atoms with E-state index in [1.807, 2.05) is 12.1 Å². The summed E-state index contributed by atoms with van der Waals surface area (Å²) in [6.07, 6.45) is -0.337. The first-order chi connectivity index (χ1) is 12.2. The third-order valence-corrected chi connectivity index (χ3v) is 3.50. The number of amides is 1. The van der Waals surface area contributed by atoms with Gasteiger partial charge in [0.15, 0.2) is 29.2 Å². The fourth-order valence-corrected chi connectivity index (χ4v) is 2.20. The number of para-hydroxylation sites is 3. The normalized spacial score (nSPS) is 11.5. The molecule has 25 heavy (non-hydrogen) atoms. The Morgan fingerprint density at radius 3 is 2.36 bits per heavy atom. The van der Waals surface area contributed by atoms with E-state index in [0.29, 0.717) is 24.5 Å². The van der Waals surface area contributed by atoms with Crippen molar-refractivity contribution in [3.63, 3.8) is 0 Å². The Morgan fingerprint density at radius 1 is 1.08 bits per heavy atom. The number of rotatable bonds is 9. The van der Waals surface area contributed by atoms with Crippen molar-refractivity contribution in [2.45, 2.75) is 19.4 Å². The first-order valence-electron chi connectivity index (χ1n) is 8.10. The van der Waals surface area contributed by atoms with Crippen LogP contribution in [0.2, 0.25) is 0 Å². The van der Waals surface area contributed by atoms with Crippen LogP contribution in [0.25, 0.3) is 0 Å². The maximum atomic E-state index is 13.6. The summed E-state index contributed by atoms with van der Waals surface area (Å²) in [6, 6.07) is 13.3. The smallest absolute Gasteiger partial charge is 0.261 e. The van der Waals surface area contributed by atoms with Gasteiger partial charge in [-0.15, -0.1) is 0 Å². The molecular formula is C19H22FNO4. The standard InChI is InChI=1S/C19H22FNO4/c1-3-15(25-16-9-5-4-8-14(16)20)19(22)21-12-13-24-18-11-7-6-10-17(18)23-2/h4-11,15H,3,12-13H2,1-2H3,(H,21,22)/t15-/m1/s1. The number of hydrogen-bond donors (Lipinski definition) is 1. The van der Waals surface area contributed by atoms with Gasteiger partial charge in [-0.25, -0.2) is 4.39 Å². The average Bonchev–Trinajstić information content (AvgIpc) is 2.64. The third-order valence-electron chi connectivity index (χ3n) is 3.50. The fraction of sp³-hybridized carbons (Fsp3) is 0.316. The summed E-state index contributed by atoms with van der Waals surface area (Å²) >= 11 is 0. The van der Waals surface area contributed by atoms with E-state index in [-0.39, 0.29) is 18.3 Å². The van der Waals surface area contributed by atoms with E-state index in [4.69, 9.17) is 14.2 Å². The van der Waals surface area contributed by atoms with Gasteiger partial charge >= 0.3 is 0 Å². The van der Waals surface area contributed by atoms with Crippen LogP contribution >= 0.6 is 0 Å². The molecule has 2 rings (SSSR count). The summed E-state index contributed by atoms with van der Waals surface area (Å²) in [7, 11) is 1.57. The SMILES string of the molecule is CC[C@@H](Oc1ccccc1F)C(=O)NCCOc1ccccc1OC. The molecule has 0 fully saturated rings. The molecule has 0 radical (unpaired) electrons. The van der Waals surface area contributed by atoms with Gasteiger partial charge in [0.25, 0.3) is 5.91 Å². The number of halogens is 1. The number of carbonyl (C=O) groups is 1. The quantitative estimate of drug-likeness (QED) is 0.708. The maximum absolute atomic E-state index is 13.6. The minimum Gasteiger partial charge on any atom is -0.493 e. The zero-order valence-corrected chi connectivity index (χ0v) is 14.3. The van der Waals surface area contributed by atoms with E-state index >= 15 is 0 Å². The van der Waals surface area contributed by atoms with Gasteiger partial charge in [0, 0.05) is 0 Å². The molecule has 2 aromatic rings. The van der Waals surface area contributed by atoms with E-state index in [1.54, 1.807) is 38.3 Å². The predicted molar refractivity (Wildman–Crippen MR) is 92.6 cm³/mol. The Bertz CT molecular complexity index is 693. The first kappa shape index (κ1) is 18.6. The lowest BCUT2D eigenvalue weighted by atomic mass is 10.2. The van der Waals surface area contributed by atoms with Gasteiger partial charge in [0.05, 0.1) is 13.7 Å². The second-order valence-corrected chi connectivity index (χ2v) is 5.24. The van der Waals surface area contributed by atoms with Crippen LogP contribution in [0.3, 0.4) is 0 Å². The number of hydrogen-bond acceptors (Lipinski definition) is 4. The van der Waals surface area contributed by atoms with E-state index in [9.17, 15) is 9.18 Å². The average molecular weight is 347 g/mol. The predicted octanol–water partition coefficient (Wildman–Crippen LogP) is 3.19. The molecule has 1 N–H and O–H groups in total. The topological polar surface area (TPSA) is 56.8 Å². The lowest BCUT2D eigenvalue weighted by Crippen LogP contribution is -2.39. The number of methoxy groups -OCH3 is 1. The summed E-state index contributed by atoms with van der Waals surface area (Å²) in [5.41, 5.74) is 0. The van der Waals surface area contributed by atoms with Crippen molar-refractivity contribution >= 4 is 5.91 Å². The molecule has 5 nitrogen and oxygen atoms in total. The van der Waals surface area contributed by atoms with Crippen molar-refractivity contribution in [2.75, 3.05) is 20.3 Å². The molecule has 2 aromatic carbocycles. The van der Waals surface area contributed by atoms with Crippen molar-refractivity contribution < 1.29 is 23.4 Å². The Labute approximate surface area is 146 Å². The zero-order valence-electron chi connectivity index (χ0n) is 14.3. The van der Waals surface area contributed by atoms with Gasteiger partial charge in [-0.2, -0.15) is 0 Å². The van der Waals surface area contributed by atoms with Gasteiger partial charge in [-0.3, -0.25) is 4.79 Å². The lowest BCUT2D eigenvalue weighted by Gasteiger charge is -2.18. The number of nitrogens with one attached hydrogen (secondary N) is 1. The number of carbonyl (C=O) groups excluding carboxylic acids is 1. The molecule has 0 aromatic heterocycles. The summed E-state index contributed by atoms with van der Waals surface area (Å²) in [5, 5.41) is 2.73. The molecule has 0 bridgehead atoms. The molecule has 0 aliphatic rings. The monoisotopic (exact) mass is 347 g/mol. The Hall–Kier alpha value is -2.76.